The third-order valence-corrected chi connectivity index (χ3v) is 6.53. The van der Waals surface area contributed by atoms with Gasteiger partial charge in [-0.2, -0.15) is 13.2 Å². The summed E-state index contributed by atoms with van der Waals surface area (Å²) in [5, 5.41) is 6.44. The van der Waals surface area contributed by atoms with E-state index in [1.807, 2.05) is 30.3 Å². The Morgan fingerprint density at radius 3 is 2.33 bits per heavy atom. The fraction of sp³-hybridized carbons (Fsp3) is 0.161. The molecule has 6 nitrogen and oxygen atoms in total. The van der Waals surface area contributed by atoms with Crippen molar-refractivity contribution >= 4 is 28.4 Å². The molecule has 0 saturated heterocycles. The van der Waals surface area contributed by atoms with Crippen molar-refractivity contribution < 1.29 is 27.2 Å². The minimum atomic E-state index is -4.43. The Morgan fingerprint density at radius 1 is 0.850 bits per heavy atom. The van der Waals surface area contributed by atoms with Crippen molar-refractivity contribution in [2.45, 2.75) is 32.1 Å². The molecule has 0 aliphatic rings. The Balaban J connectivity index is 1.39. The van der Waals surface area contributed by atoms with Crippen LogP contribution in [-0.2, 0) is 30.5 Å². The normalized spacial score (nSPS) is 11.5. The highest BCUT2D eigenvalue weighted by molar-refractivity contribution is 6.00. The molecule has 0 spiro atoms. The number of hydrogen-bond acceptors (Lipinski definition) is 3. The van der Waals surface area contributed by atoms with E-state index in [4.69, 9.17) is 4.42 Å². The standard InChI is InChI=1S/C31H26F3N3O3/c32-31(33,34)24-11-8-22(9-12-24)20-37-27-14-13-25(36-29(38)15-10-21-5-2-1-3-6-21)17-23(27)18-28(37)30(39)35-19-26-7-4-16-40-26/h1-9,11-14,16-18H,10,15,19-20H2,(H,35,39)(H,36,38). The van der Waals surface area contributed by atoms with Gasteiger partial charge in [-0.1, -0.05) is 42.5 Å². The van der Waals surface area contributed by atoms with Crippen molar-refractivity contribution in [3.63, 3.8) is 0 Å². The number of furan rings is 1. The Hall–Kier alpha value is -4.79. The molecule has 9 heteroatoms. The van der Waals surface area contributed by atoms with Crippen molar-refractivity contribution in [2.75, 3.05) is 5.32 Å². The van der Waals surface area contributed by atoms with Crippen LogP contribution in [0.2, 0.25) is 0 Å². The molecule has 2 N–H and O–H groups in total. The highest BCUT2D eigenvalue weighted by Crippen LogP contribution is 2.30. The minimum absolute atomic E-state index is 0.135. The van der Waals surface area contributed by atoms with E-state index in [0.29, 0.717) is 46.4 Å². The van der Waals surface area contributed by atoms with Crippen LogP contribution in [0.1, 0.15) is 39.4 Å². The number of anilines is 1. The number of aromatic nitrogens is 1. The van der Waals surface area contributed by atoms with Gasteiger partial charge in [-0.05, 0) is 66.1 Å². The molecule has 0 fully saturated rings. The van der Waals surface area contributed by atoms with E-state index in [1.165, 1.54) is 18.4 Å². The van der Waals surface area contributed by atoms with Gasteiger partial charge in [0.2, 0.25) is 5.91 Å². The topological polar surface area (TPSA) is 76.3 Å². The molecule has 0 radical (unpaired) electrons. The number of halogens is 3. The van der Waals surface area contributed by atoms with E-state index >= 15 is 0 Å². The summed E-state index contributed by atoms with van der Waals surface area (Å²) in [5.74, 6) is 0.0796. The zero-order valence-electron chi connectivity index (χ0n) is 21.4. The maximum absolute atomic E-state index is 13.2. The molecule has 5 aromatic rings. The Bertz CT molecular complexity index is 1610. The van der Waals surface area contributed by atoms with Crippen LogP contribution in [0.4, 0.5) is 18.9 Å². The minimum Gasteiger partial charge on any atom is -0.467 e. The lowest BCUT2D eigenvalue weighted by molar-refractivity contribution is -0.137. The van der Waals surface area contributed by atoms with Crippen LogP contribution in [-0.4, -0.2) is 16.4 Å². The van der Waals surface area contributed by atoms with Crippen LogP contribution in [0.5, 0.6) is 0 Å². The van der Waals surface area contributed by atoms with Crippen molar-refractivity contribution in [3.8, 4) is 0 Å². The molecule has 0 aliphatic heterocycles. The number of amides is 2. The third-order valence-electron chi connectivity index (χ3n) is 6.53. The van der Waals surface area contributed by atoms with Crippen molar-refractivity contribution in [3.05, 3.63) is 125 Å². The van der Waals surface area contributed by atoms with Crippen LogP contribution >= 0.6 is 0 Å². The second-order valence-electron chi connectivity index (χ2n) is 9.38. The second kappa shape index (κ2) is 11.5. The molecule has 2 amide bonds. The summed E-state index contributed by atoms with van der Waals surface area (Å²) < 4.78 is 46.2. The van der Waals surface area contributed by atoms with Gasteiger partial charge in [-0.15, -0.1) is 0 Å². The van der Waals surface area contributed by atoms with Gasteiger partial charge < -0.3 is 19.6 Å². The van der Waals surface area contributed by atoms with Crippen molar-refractivity contribution in [1.82, 2.24) is 9.88 Å². The lowest BCUT2D eigenvalue weighted by Gasteiger charge is -2.13. The number of nitrogens with one attached hydrogen (secondary N) is 2. The SMILES string of the molecule is O=C(CCc1ccccc1)Nc1ccc2c(c1)cc(C(=O)NCc1ccco1)n2Cc1ccc(C(F)(F)F)cc1. The lowest BCUT2D eigenvalue weighted by atomic mass is 10.1. The number of hydrogen-bond donors (Lipinski definition) is 2. The first kappa shape index (κ1) is 26.8. The molecule has 0 aliphatic carbocycles. The summed E-state index contributed by atoms with van der Waals surface area (Å²) in [4.78, 5) is 25.8. The van der Waals surface area contributed by atoms with Gasteiger partial charge in [0, 0.05) is 29.6 Å². The monoisotopic (exact) mass is 545 g/mol. The molecule has 40 heavy (non-hydrogen) atoms. The fourth-order valence-corrected chi connectivity index (χ4v) is 4.49. The van der Waals surface area contributed by atoms with Gasteiger partial charge in [-0.25, -0.2) is 0 Å². The first-order valence-electron chi connectivity index (χ1n) is 12.7. The molecule has 0 unspecified atom stereocenters. The number of carbonyl (C=O) groups excluding carboxylic acids is 2. The molecular formula is C31H26F3N3O3. The largest absolute Gasteiger partial charge is 0.467 e. The Kier molecular flexibility index (Phi) is 7.72. The van der Waals surface area contributed by atoms with Gasteiger partial charge in [0.25, 0.3) is 5.91 Å². The lowest BCUT2D eigenvalue weighted by Crippen LogP contribution is -2.25. The molecule has 2 aromatic heterocycles. The number of aryl methyl sites for hydroxylation is 1. The molecule has 5 rings (SSSR count). The average molecular weight is 546 g/mol. The van der Waals surface area contributed by atoms with Crippen LogP contribution in [0.3, 0.4) is 0 Å². The second-order valence-corrected chi connectivity index (χ2v) is 9.38. The van der Waals surface area contributed by atoms with Gasteiger partial charge in [0.1, 0.15) is 11.5 Å². The summed E-state index contributed by atoms with van der Waals surface area (Å²) in [7, 11) is 0. The van der Waals surface area contributed by atoms with Gasteiger partial charge in [-0.3, -0.25) is 9.59 Å². The van der Waals surface area contributed by atoms with E-state index < -0.39 is 11.7 Å². The summed E-state index contributed by atoms with van der Waals surface area (Å²) in [6.07, 6.45) is -1.99. The van der Waals surface area contributed by atoms with Crippen molar-refractivity contribution in [1.29, 1.82) is 0 Å². The number of rotatable bonds is 9. The van der Waals surface area contributed by atoms with E-state index in [1.54, 1.807) is 41.0 Å². The molecule has 0 atom stereocenters. The molecule has 0 saturated carbocycles. The van der Waals surface area contributed by atoms with E-state index in [2.05, 4.69) is 10.6 Å². The first-order valence-corrected chi connectivity index (χ1v) is 12.7. The van der Waals surface area contributed by atoms with E-state index in [9.17, 15) is 22.8 Å². The van der Waals surface area contributed by atoms with Gasteiger partial charge >= 0.3 is 6.18 Å². The number of fused-ring (bicyclic) bond motifs is 1. The number of benzene rings is 3. The molecule has 3 aromatic carbocycles. The molecular weight excluding hydrogens is 519 g/mol. The predicted molar refractivity (Wildman–Crippen MR) is 146 cm³/mol. The van der Waals surface area contributed by atoms with Crippen LogP contribution in [0.25, 0.3) is 10.9 Å². The predicted octanol–water partition coefficient (Wildman–Crippen LogP) is 6.80. The highest BCUT2D eigenvalue weighted by Gasteiger charge is 2.30. The van der Waals surface area contributed by atoms with Crippen LogP contribution in [0.15, 0.2) is 102 Å². The average Bonchev–Trinajstić information content (AvgIpc) is 3.59. The summed E-state index contributed by atoms with van der Waals surface area (Å²) in [5.41, 5.74) is 2.54. The molecule has 2 heterocycles. The molecule has 204 valence electrons. The number of carbonyl (C=O) groups is 2. The first-order chi connectivity index (χ1) is 19.3. The van der Waals surface area contributed by atoms with Crippen molar-refractivity contribution in [2.24, 2.45) is 0 Å². The van der Waals surface area contributed by atoms with Gasteiger partial charge in [0.05, 0.1) is 18.4 Å². The summed E-state index contributed by atoms with van der Waals surface area (Å²) in [6.45, 7) is 0.351. The maximum Gasteiger partial charge on any atom is 0.416 e. The molecule has 0 bridgehead atoms. The van der Waals surface area contributed by atoms with E-state index in [-0.39, 0.29) is 24.9 Å². The zero-order chi connectivity index (χ0) is 28.1. The summed E-state index contributed by atoms with van der Waals surface area (Å²) in [6, 6.07) is 25.1. The van der Waals surface area contributed by atoms with Crippen LogP contribution < -0.4 is 10.6 Å². The zero-order valence-corrected chi connectivity index (χ0v) is 21.4. The quantitative estimate of drug-likeness (QED) is 0.214. The number of nitrogens with zero attached hydrogens (tertiary/aromatic N) is 1. The van der Waals surface area contributed by atoms with E-state index in [0.717, 1.165) is 17.7 Å². The Labute approximate surface area is 228 Å². The number of alkyl halides is 3. The Morgan fingerprint density at radius 2 is 1.62 bits per heavy atom. The fourth-order valence-electron chi connectivity index (χ4n) is 4.49. The van der Waals surface area contributed by atoms with Gasteiger partial charge in [0.15, 0.2) is 0 Å². The summed E-state index contributed by atoms with van der Waals surface area (Å²) >= 11 is 0. The third kappa shape index (κ3) is 6.43. The smallest absolute Gasteiger partial charge is 0.416 e. The maximum atomic E-state index is 13.2. The highest BCUT2D eigenvalue weighted by atomic mass is 19.4. The van der Waals surface area contributed by atoms with Crippen LogP contribution in [0, 0.1) is 0 Å².